The lowest BCUT2D eigenvalue weighted by molar-refractivity contribution is 0.0972. The van der Waals surface area contributed by atoms with E-state index in [0.717, 1.165) is 12.0 Å². The van der Waals surface area contributed by atoms with Crippen molar-refractivity contribution in [2.75, 3.05) is 14.2 Å². The summed E-state index contributed by atoms with van der Waals surface area (Å²) < 4.78 is 22.5. The molecule has 0 N–H and O–H groups in total. The molecule has 0 aliphatic rings. The fourth-order valence-electron chi connectivity index (χ4n) is 2.98. The number of hydrogen-bond acceptors (Lipinski definition) is 4. The summed E-state index contributed by atoms with van der Waals surface area (Å²) in [5.41, 5.74) is 2.07. The first-order valence-electron chi connectivity index (χ1n) is 8.60. The van der Waals surface area contributed by atoms with Crippen molar-refractivity contribution in [3.05, 3.63) is 69.2 Å². The summed E-state index contributed by atoms with van der Waals surface area (Å²) in [6, 6.07) is 12.4. The SMILES string of the molecule is CCC(CC(=O)c1ccccc1CP(=O)(OC)OC)c1ccc(Cl)cc1Cl. The molecule has 0 heterocycles. The first-order valence-corrected chi connectivity index (χ1v) is 11.1. The summed E-state index contributed by atoms with van der Waals surface area (Å²) in [7, 11) is -0.595. The van der Waals surface area contributed by atoms with Gasteiger partial charge < -0.3 is 9.05 Å². The number of hydrogen-bond donors (Lipinski definition) is 0. The van der Waals surface area contributed by atoms with E-state index in [-0.39, 0.29) is 17.9 Å². The number of carbonyl (C=O) groups is 1. The van der Waals surface area contributed by atoms with Gasteiger partial charge in [0.2, 0.25) is 0 Å². The molecule has 0 saturated carbocycles. The van der Waals surface area contributed by atoms with E-state index >= 15 is 0 Å². The van der Waals surface area contributed by atoms with Gasteiger partial charge in [0.1, 0.15) is 0 Å². The van der Waals surface area contributed by atoms with E-state index < -0.39 is 7.60 Å². The second-order valence-electron chi connectivity index (χ2n) is 6.19. The molecule has 0 bridgehead atoms. The zero-order valence-electron chi connectivity index (χ0n) is 15.6. The maximum Gasteiger partial charge on any atom is 0.334 e. The summed E-state index contributed by atoms with van der Waals surface area (Å²) in [6.07, 6.45) is 1.09. The summed E-state index contributed by atoms with van der Waals surface area (Å²) in [5, 5.41) is 1.11. The predicted molar refractivity (Wildman–Crippen MR) is 110 cm³/mol. The fraction of sp³-hybridized carbons (Fsp3) is 0.350. The third kappa shape index (κ3) is 5.66. The van der Waals surface area contributed by atoms with Gasteiger partial charge in [-0.3, -0.25) is 9.36 Å². The molecule has 0 saturated heterocycles. The van der Waals surface area contributed by atoms with Gasteiger partial charge in [0.25, 0.3) is 0 Å². The Hall–Kier alpha value is -1.16. The lowest BCUT2D eigenvalue weighted by Gasteiger charge is -2.19. The highest BCUT2D eigenvalue weighted by Gasteiger charge is 2.26. The highest BCUT2D eigenvalue weighted by molar-refractivity contribution is 7.52. The average Bonchev–Trinajstić information content (AvgIpc) is 2.66. The average molecular weight is 429 g/mol. The van der Waals surface area contributed by atoms with Gasteiger partial charge in [-0.05, 0) is 35.6 Å². The lowest BCUT2D eigenvalue weighted by Crippen LogP contribution is -2.10. The van der Waals surface area contributed by atoms with Crippen LogP contribution in [-0.2, 0) is 19.8 Å². The van der Waals surface area contributed by atoms with E-state index in [1.807, 2.05) is 13.0 Å². The molecule has 0 spiro atoms. The molecule has 0 amide bonds. The van der Waals surface area contributed by atoms with E-state index in [1.165, 1.54) is 14.2 Å². The van der Waals surface area contributed by atoms with Crippen LogP contribution in [0.15, 0.2) is 42.5 Å². The van der Waals surface area contributed by atoms with Gasteiger partial charge >= 0.3 is 7.60 Å². The molecule has 2 rings (SSSR count). The Morgan fingerprint density at radius 1 is 1.11 bits per heavy atom. The van der Waals surface area contributed by atoms with Crippen molar-refractivity contribution in [2.24, 2.45) is 0 Å². The van der Waals surface area contributed by atoms with Gasteiger partial charge in [0.15, 0.2) is 5.78 Å². The van der Waals surface area contributed by atoms with Crippen LogP contribution in [0.1, 0.15) is 47.2 Å². The van der Waals surface area contributed by atoms with Crippen LogP contribution in [0.3, 0.4) is 0 Å². The summed E-state index contributed by atoms with van der Waals surface area (Å²) >= 11 is 12.3. The molecule has 0 aromatic heterocycles. The fourth-order valence-corrected chi connectivity index (χ4v) is 4.65. The Labute approximate surface area is 170 Å². The monoisotopic (exact) mass is 428 g/mol. The van der Waals surface area contributed by atoms with Crippen molar-refractivity contribution >= 4 is 36.6 Å². The Bertz CT molecular complexity index is 846. The Balaban J connectivity index is 2.28. The van der Waals surface area contributed by atoms with Crippen LogP contribution in [0.25, 0.3) is 0 Å². The normalized spacial score (nSPS) is 12.8. The number of benzene rings is 2. The zero-order valence-corrected chi connectivity index (χ0v) is 18.0. The molecule has 146 valence electrons. The van der Waals surface area contributed by atoms with Crippen LogP contribution in [-0.4, -0.2) is 20.0 Å². The highest BCUT2D eigenvalue weighted by Crippen LogP contribution is 2.50. The second kappa shape index (κ2) is 9.86. The number of Topliss-reactive ketones (excluding diaryl/α,β-unsaturated/α-hetero) is 1. The third-order valence-electron chi connectivity index (χ3n) is 4.57. The maximum atomic E-state index is 13.0. The molecular formula is C20H23Cl2O4P. The highest BCUT2D eigenvalue weighted by atomic mass is 35.5. The van der Waals surface area contributed by atoms with Crippen LogP contribution >= 0.6 is 30.8 Å². The van der Waals surface area contributed by atoms with E-state index in [4.69, 9.17) is 32.2 Å². The molecule has 1 atom stereocenters. The minimum Gasteiger partial charge on any atom is -0.312 e. The maximum absolute atomic E-state index is 13.0. The third-order valence-corrected chi connectivity index (χ3v) is 6.97. The topological polar surface area (TPSA) is 52.6 Å². The molecule has 4 nitrogen and oxygen atoms in total. The Kier molecular flexibility index (Phi) is 8.08. The molecular weight excluding hydrogens is 406 g/mol. The summed E-state index contributed by atoms with van der Waals surface area (Å²) in [5.74, 6) is -0.0748. The van der Waals surface area contributed by atoms with Gasteiger partial charge in [-0.1, -0.05) is 60.5 Å². The van der Waals surface area contributed by atoms with E-state index in [0.29, 0.717) is 27.6 Å². The van der Waals surface area contributed by atoms with E-state index in [2.05, 4.69) is 0 Å². The minimum atomic E-state index is -3.27. The molecule has 2 aromatic carbocycles. The molecule has 7 heteroatoms. The molecule has 0 aliphatic heterocycles. The zero-order chi connectivity index (χ0) is 20.0. The van der Waals surface area contributed by atoms with Gasteiger partial charge in [-0.2, -0.15) is 0 Å². The van der Waals surface area contributed by atoms with Crippen LogP contribution in [0, 0.1) is 0 Å². The van der Waals surface area contributed by atoms with Gasteiger partial charge in [-0.15, -0.1) is 0 Å². The van der Waals surface area contributed by atoms with Crippen LogP contribution in [0.4, 0.5) is 0 Å². The van der Waals surface area contributed by atoms with Crippen molar-refractivity contribution in [2.45, 2.75) is 31.8 Å². The number of carbonyl (C=O) groups excluding carboxylic acids is 1. The van der Waals surface area contributed by atoms with Gasteiger partial charge in [0, 0.05) is 36.2 Å². The molecule has 0 fully saturated rings. The second-order valence-corrected chi connectivity index (χ2v) is 9.30. The van der Waals surface area contributed by atoms with Crippen molar-refractivity contribution in [1.82, 2.24) is 0 Å². The smallest absolute Gasteiger partial charge is 0.312 e. The molecule has 0 aliphatic carbocycles. The first-order chi connectivity index (χ1) is 12.8. The number of rotatable bonds is 9. The predicted octanol–water partition coefficient (Wildman–Crippen LogP) is 6.75. The number of halogens is 2. The first kappa shape index (κ1) is 22.1. The van der Waals surface area contributed by atoms with Crippen LogP contribution in [0.5, 0.6) is 0 Å². The van der Waals surface area contributed by atoms with Crippen molar-refractivity contribution in [3.8, 4) is 0 Å². The molecule has 2 aromatic rings. The lowest BCUT2D eigenvalue weighted by atomic mass is 9.88. The summed E-state index contributed by atoms with van der Waals surface area (Å²) in [6.45, 7) is 2.01. The van der Waals surface area contributed by atoms with Crippen molar-refractivity contribution < 1.29 is 18.4 Å². The van der Waals surface area contributed by atoms with Gasteiger partial charge in [0.05, 0.1) is 6.16 Å². The van der Waals surface area contributed by atoms with Crippen LogP contribution < -0.4 is 0 Å². The Morgan fingerprint density at radius 2 is 1.78 bits per heavy atom. The minimum absolute atomic E-state index is 0.0352. The van der Waals surface area contributed by atoms with Crippen LogP contribution in [0.2, 0.25) is 10.0 Å². The Morgan fingerprint density at radius 3 is 2.37 bits per heavy atom. The van der Waals surface area contributed by atoms with E-state index in [1.54, 1.807) is 36.4 Å². The van der Waals surface area contributed by atoms with E-state index in [9.17, 15) is 9.36 Å². The van der Waals surface area contributed by atoms with Crippen molar-refractivity contribution in [3.63, 3.8) is 0 Å². The summed E-state index contributed by atoms with van der Waals surface area (Å²) in [4.78, 5) is 13.0. The number of ketones is 1. The van der Waals surface area contributed by atoms with Gasteiger partial charge in [-0.25, -0.2) is 0 Å². The molecule has 27 heavy (non-hydrogen) atoms. The largest absolute Gasteiger partial charge is 0.334 e. The standard InChI is InChI=1S/C20H23Cl2O4P/c1-4-14(17-10-9-16(21)12-19(17)22)11-20(23)18-8-6-5-7-15(18)13-27(24,25-2)26-3/h5-10,12,14H,4,11,13H2,1-3H3. The molecule has 0 radical (unpaired) electrons. The quantitative estimate of drug-likeness (QED) is 0.327. The molecule has 1 unspecified atom stereocenters. The van der Waals surface area contributed by atoms with Crippen molar-refractivity contribution in [1.29, 1.82) is 0 Å².